The summed E-state index contributed by atoms with van der Waals surface area (Å²) in [5.41, 5.74) is 0. The summed E-state index contributed by atoms with van der Waals surface area (Å²) in [5, 5.41) is 0. The topological polar surface area (TPSA) is 12.5 Å². The van der Waals surface area contributed by atoms with E-state index in [1.165, 1.54) is 0 Å². The fourth-order valence-electron chi connectivity index (χ4n) is 0.149. The molecule has 0 aromatic heterocycles. The number of hydrogen-bond donors (Lipinski definition) is 0. The third-order valence-electron chi connectivity index (χ3n) is 1.03. The molecular weight excluding hydrogens is 270 g/mol. The van der Waals surface area contributed by atoms with Crippen molar-refractivity contribution in [3.8, 4) is 0 Å². The van der Waals surface area contributed by atoms with E-state index in [0.29, 0.717) is 21.2 Å². The van der Waals surface area contributed by atoms with Gasteiger partial charge in [-0.15, -0.1) is 0 Å². The first-order valence-electron chi connectivity index (χ1n) is 2.27. The summed E-state index contributed by atoms with van der Waals surface area (Å²) in [6.07, 6.45) is 0. The van der Waals surface area contributed by atoms with Gasteiger partial charge >= 0.3 is 57.4 Å². The first kappa shape index (κ1) is 10.4. The van der Waals surface area contributed by atoms with Crippen molar-refractivity contribution in [2.45, 2.75) is 0 Å². The fraction of sp³-hybridized carbons (Fsp3) is 1.00. The number of hydrogen-bond acceptors (Lipinski definition) is 2. The molecule has 0 bridgehead atoms. The summed E-state index contributed by atoms with van der Waals surface area (Å²) >= 11 is -9.12. The molecule has 0 fully saturated rings. The van der Waals surface area contributed by atoms with E-state index < -0.39 is 21.5 Å². The normalized spacial score (nSPS) is 20.4. The van der Waals surface area contributed by atoms with Crippen LogP contribution >= 0.6 is 0 Å². The van der Waals surface area contributed by atoms with Gasteiger partial charge in [-0.2, -0.15) is 0 Å². The van der Waals surface area contributed by atoms with Crippen LogP contribution in [0.1, 0.15) is 0 Å². The zero-order valence-electron chi connectivity index (χ0n) is 5.78. The average molecular weight is 279 g/mol. The van der Waals surface area contributed by atoms with Crippen LogP contribution in [0.15, 0.2) is 0 Å². The molecule has 7 heteroatoms. The van der Waals surface area contributed by atoms with Crippen molar-refractivity contribution < 1.29 is 14.7 Å². The van der Waals surface area contributed by atoms with Gasteiger partial charge < -0.3 is 0 Å². The summed E-state index contributed by atoms with van der Waals surface area (Å²) in [5.74, 6) is 0. The molecule has 2 nitrogen and oxygen atoms in total. The van der Waals surface area contributed by atoms with Gasteiger partial charge in [-0.3, -0.25) is 0 Å². The van der Waals surface area contributed by atoms with Crippen molar-refractivity contribution >= 4 is 18.4 Å². The van der Waals surface area contributed by atoms with E-state index in [1.54, 1.807) is 0 Å². The van der Waals surface area contributed by atoms with E-state index in [9.17, 15) is 11.6 Å². The third kappa shape index (κ3) is 1.95. The Labute approximate surface area is 57.9 Å². The Morgan fingerprint density at radius 1 is 1.10 bits per heavy atom. The molecule has 0 atom stereocenters. The van der Waals surface area contributed by atoms with Crippen LogP contribution in [-0.4, -0.2) is 42.7 Å². The van der Waals surface area contributed by atoms with Gasteiger partial charge in [0.2, 0.25) is 0 Å². The van der Waals surface area contributed by atoms with Crippen molar-refractivity contribution in [1.82, 2.24) is 3.15 Å². The Balaban J connectivity index is 4.92. The molecule has 0 aliphatic heterocycles. The second-order valence-electron chi connectivity index (χ2n) is 1.93. The van der Waals surface area contributed by atoms with Crippen molar-refractivity contribution in [1.29, 1.82) is 0 Å². The van der Waals surface area contributed by atoms with E-state index in [-0.39, 0.29) is 0 Å². The van der Waals surface area contributed by atoms with Crippen LogP contribution in [-0.2, 0) is 3.10 Å². The van der Waals surface area contributed by atoms with E-state index >= 15 is 0 Å². The zero-order chi connectivity index (χ0) is 8.69. The molecular formula is C3H9F4NOTe. The Bertz CT molecular complexity index is 148. The predicted octanol–water partition coefficient (Wildman–Crippen LogP) is 1.41. The molecule has 0 aromatic carbocycles. The molecule has 0 aromatic rings. The van der Waals surface area contributed by atoms with Gasteiger partial charge in [0.15, 0.2) is 0 Å². The Hall–Kier alpha value is 0.430. The first-order valence-corrected chi connectivity index (χ1v) is 7.79. The SMILES string of the molecule is CO[Te](F)(F)(F)(F)N(C)C. The predicted molar refractivity (Wildman–Crippen MR) is 30.9 cm³/mol. The maximum absolute atomic E-state index is 12.2. The second-order valence-corrected chi connectivity index (χ2v) is 10.4. The molecule has 0 amide bonds. The van der Waals surface area contributed by atoms with E-state index in [2.05, 4.69) is 3.10 Å². The van der Waals surface area contributed by atoms with Crippen LogP contribution < -0.4 is 0 Å². The van der Waals surface area contributed by atoms with Crippen molar-refractivity contribution in [3.05, 3.63) is 0 Å². The molecule has 0 spiro atoms. The molecule has 0 heterocycles. The Morgan fingerprint density at radius 2 is 1.40 bits per heavy atom. The van der Waals surface area contributed by atoms with Gasteiger partial charge in [0.25, 0.3) is 0 Å². The van der Waals surface area contributed by atoms with E-state index in [0.717, 1.165) is 0 Å². The first-order chi connectivity index (χ1) is 4.02. The van der Waals surface area contributed by atoms with Gasteiger partial charge in [0, 0.05) is 0 Å². The summed E-state index contributed by atoms with van der Waals surface area (Å²) in [4.78, 5) is 0. The average Bonchev–Trinajstić information content (AvgIpc) is 1.64. The monoisotopic (exact) mass is 281 g/mol. The van der Waals surface area contributed by atoms with E-state index in [1.807, 2.05) is 0 Å². The number of rotatable bonds is 2. The minimum atomic E-state index is -9.12. The summed E-state index contributed by atoms with van der Waals surface area (Å²) in [6, 6.07) is 0. The van der Waals surface area contributed by atoms with E-state index in [4.69, 9.17) is 0 Å². The standard InChI is InChI=1S/C3H9F4NOTe/c1-8(2)10(4,5,6,7)9-3/h1-3H3. The molecule has 0 aliphatic carbocycles. The van der Waals surface area contributed by atoms with Crippen LogP contribution in [0.4, 0.5) is 11.6 Å². The number of nitrogens with zero attached hydrogens (tertiary/aromatic N) is 1. The molecule has 0 N–H and O–H groups in total. The van der Waals surface area contributed by atoms with Gasteiger partial charge in [0.05, 0.1) is 0 Å². The maximum atomic E-state index is 12.2. The summed E-state index contributed by atoms with van der Waals surface area (Å²) < 4.78 is 51.4. The Morgan fingerprint density at radius 3 is 1.40 bits per heavy atom. The number of halogens is 4. The second kappa shape index (κ2) is 1.77. The fourth-order valence-corrected chi connectivity index (χ4v) is 1.00. The quantitative estimate of drug-likeness (QED) is 0.559. The van der Waals surface area contributed by atoms with Gasteiger partial charge in [-0.05, 0) is 0 Å². The molecule has 0 saturated heterocycles. The molecule has 0 aliphatic rings. The molecule has 0 rings (SSSR count). The minimum absolute atomic E-state index is 0.311. The van der Waals surface area contributed by atoms with Gasteiger partial charge in [-0.1, -0.05) is 0 Å². The van der Waals surface area contributed by atoms with Gasteiger partial charge in [0.1, 0.15) is 0 Å². The van der Waals surface area contributed by atoms with Crippen LogP contribution in [0.5, 0.6) is 0 Å². The molecule has 10 heavy (non-hydrogen) atoms. The molecule has 0 saturated carbocycles. The van der Waals surface area contributed by atoms with Crippen molar-refractivity contribution in [3.63, 3.8) is 0 Å². The van der Waals surface area contributed by atoms with Gasteiger partial charge in [-0.25, -0.2) is 0 Å². The van der Waals surface area contributed by atoms with Crippen LogP contribution in [0.3, 0.4) is 0 Å². The summed E-state index contributed by atoms with van der Waals surface area (Å²) in [6.45, 7) is 0. The van der Waals surface area contributed by atoms with Crippen molar-refractivity contribution in [2.75, 3.05) is 21.2 Å². The molecule has 0 radical (unpaired) electrons. The summed E-state index contributed by atoms with van der Waals surface area (Å²) in [7, 11) is 1.50. The van der Waals surface area contributed by atoms with Crippen molar-refractivity contribution in [2.24, 2.45) is 0 Å². The zero-order valence-corrected chi connectivity index (χ0v) is 8.11. The molecule has 0 unspecified atom stereocenters. The van der Waals surface area contributed by atoms with Crippen LogP contribution in [0.2, 0.25) is 0 Å². The third-order valence-corrected chi connectivity index (χ3v) is 6.89. The molecule has 66 valence electrons. The van der Waals surface area contributed by atoms with Crippen LogP contribution in [0, 0.1) is 0 Å². The Kier molecular flexibility index (Phi) is 1.85. The van der Waals surface area contributed by atoms with Crippen LogP contribution in [0.25, 0.3) is 0 Å².